The molecule has 0 aliphatic carbocycles. The molecule has 0 aromatic heterocycles. The van der Waals surface area contributed by atoms with E-state index in [1.54, 1.807) is 24.3 Å². The molecule has 0 saturated carbocycles. The molecule has 0 N–H and O–H groups in total. The van der Waals surface area contributed by atoms with Crippen LogP contribution in [0.1, 0.15) is 24.2 Å². The summed E-state index contributed by atoms with van der Waals surface area (Å²) in [7, 11) is -4.05. The number of esters is 1. The molecule has 1 amide bonds. The lowest BCUT2D eigenvalue weighted by molar-refractivity contribution is -0.134. The standard InChI is InChI=1S/C22H25ClN2O5S/c1-4-14-25(20-13-8-7-12-19(20)23)31(28,29)18-11-9-10-17(15-18)22(27)30-16-21(26)24(5-2)6-3/h4,7-13,15H,1,5-6,14,16H2,2-3H3. The topological polar surface area (TPSA) is 84.0 Å². The summed E-state index contributed by atoms with van der Waals surface area (Å²) in [4.78, 5) is 25.9. The number of rotatable bonds is 10. The second kappa shape index (κ2) is 11.0. The summed E-state index contributed by atoms with van der Waals surface area (Å²) in [6, 6.07) is 12.0. The number of para-hydroxylation sites is 1. The average molecular weight is 465 g/mol. The van der Waals surface area contributed by atoms with Crippen LogP contribution in [0.15, 0.2) is 66.1 Å². The lowest BCUT2D eigenvalue weighted by atomic mass is 10.2. The smallest absolute Gasteiger partial charge is 0.338 e. The van der Waals surface area contributed by atoms with Crippen LogP contribution in [0, 0.1) is 0 Å². The van der Waals surface area contributed by atoms with E-state index in [1.807, 2.05) is 13.8 Å². The van der Waals surface area contributed by atoms with Gasteiger partial charge >= 0.3 is 5.97 Å². The van der Waals surface area contributed by atoms with Crippen molar-refractivity contribution in [1.82, 2.24) is 4.90 Å². The number of anilines is 1. The van der Waals surface area contributed by atoms with Gasteiger partial charge in [-0.1, -0.05) is 35.9 Å². The van der Waals surface area contributed by atoms with Crippen LogP contribution in [0.4, 0.5) is 5.69 Å². The van der Waals surface area contributed by atoms with Crippen molar-refractivity contribution in [3.05, 3.63) is 71.8 Å². The Morgan fingerprint density at radius 3 is 2.39 bits per heavy atom. The molecule has 0 atom stereocenters. The second-order valence-electron chi connectivity index (χ2n) is 6.45. The molecule has 166 valence electrons. The van der Waals surface area contributed by atoms with Crippen molar-refractivity contribution >= 4 is 39.2 Å². The molecule has 0 aliphatic heterocycles. The Morgan fingerprint density at radius 2 is 1.77 bits per heavy atom. The van der Waals surface area contributed by atoms with Crippen molar-refractivity contribution in [1.29, 1.82) is 0 Å². The van der Waals surface area contributed by atoms with E-state index < -0.39 is 22.6 Å². The summed E-state index contributed by atoms with van der Waals surface area (Å²) in [6.07, 6.45) is 1.44. The highest BCUT2D eigenvalue weighted by Gasteiger charge is 2.26. The Balaban J connectivity index is 2.30. The van der Waals surface area contributed by atoms with Gasteiger partial charge in [0.15, 0.2) is 6.61 Å². The number of carbonyl (C=O) groups excluding carboxylic acids is 2. The van der Waals surface area contributed by atoms with Gasteiger partial charge in [0.05, 0.1) is 27.7 Å². The molecule has 0 unspecified atom stereocenters. The van der Waals surface area contributed by atoms with E-state index in [-0.39, 0.29) is 27.9 Å². The summed E-state index contributed by atoms with van der Waals surface area (Å²) in [5, 5.41) is 0.262. The second-order valence-corrected chi connectivity index (χ2v) is 8.72. The first-order valence-corrected chi connectivity index (χ1v) is 11.5. The Bertz CT molecular complexity index is 1050. The minimum atomic E-state index is -4.05. The van der Waals surface area contributed by atoms with E-state index in [4.69, 9.17) is 16.3 Å². The van der Waals surface area contributed by atoms with E-state index in [0.29, 0.717) is 18.8 Å². The number of amides is 1. The zero-order valence-electron chi connectivity index (χ0n) is 17.5. The summed E-state index contributed by atoms with van der Waals surface area (Å²) in [6.45, 7) is 7.84. The van der Waals surface area contributed by atoms with Gasteiger partial charge in [0.25, 0.3) is 15.9 Å². The third-order valence-corrected chi connectivity index (χ3v) is 6.61. The van der Waals surface area contributed by atoms with Crippen LogP contribution in [0.25, 0.3) is 0 Å². The maximum atomic E-state index is 13.3. The number of benzene rings is 2. The Morgan fingerprint density at radius 1 is 1.10 bits per heavy atom. The zero-order chi connectivity index (χ0) is 23.0. The highest BCUT2D eigenvalue weighted by Crippen LogP contribution is 2.30. The molecule has 2 rings (SSSR count). The lowest BCUT2D eigenvalue weighted by Crippen LogP contribution is -2.34. The highest BCUT2D eigenvalue weighted by atomic mass is 35.5. The van der Waals surface area contributed by atoms with Gasteiger partial charge in [-0.15, -0.1) is 6.58 Å². The minimum absolute atomic E-state index is 0.0148. The van der Waals surface area contributed by atoms with Crippen LogP contribution >= 0.6 is 11.6 Å². The number of hydrogen-bond donors (Lipinski definition) is 0. The molecule has 2 aromatic carbocycles. The molecule has 31 heavy (non-hydrogen) atoms. The molecular formula is C22H25ClN2O5S. The summed E-state index contributed by atoms with van der Waals surface area (Å²) < 4.78 is 32.8. The number of nitrogens with zero attached hydrogens (tertiary/aromatic N) is 2. The first-order chi connectivity index (χ1) is 14.8. The molecule has 2 aromatic rings. The first kappa shape index (κ1) is 24.4. The molecule has 0 bridgehead atoms. The first-order valence-electron chi connectivity index (χ1n) is 9.69. The van der Waals surface area contributed by atoms with Crippen LogP contribution in [-0.4, -0.2) is 51.4 Å². The third-order valence-electron chi connectivity index (χ3n) is 4.52. The third kappa shape index (κ3) is 5.86. The number of carbonyl (C=O) groups is 2. The quantitative estimate of drug-likeness (QED) is 0.395. The van der Waals surface area contributed by atoms with Crippen molar-refractivity contribution in [2.75, 3.05) is 30.5 Å². The van der Waals surface area contributed by atoms with Crippen LogP contribution in [0.3, 0.4) is 0 Å². The van der Waals surface area contributed by atoms with Crippen molar-refractivity contribution in [3.63, 3.8) is 0 Å². The number of sulfonamides is 1. The molecule has 7 nitrogen and oxygen atoms in total. The zero-order valence-corrected chi connectivity index (χ0v) is 19.0. The number of likely N-dealkylation sites (N-methyl/N-ethyl adjacent to an activating group) is 1. The van der Waals surface area contributed by atoms with Crippen LogP contribution < -0.4 is 4.31 Å². The molecule has 0 spiro atoms. The van der Waals surface area contributed by atoms with Gasteiger partial charge in [0.2, 0.25) is 0 Å². The van der Waals surface area contributed by atoms with Gasteiger partial charge < -0.3 is 9.64 Å². The molecule has 9 heteroatoms. The number of halogens is 1. The van der Waals surface area contributed by atoms with Gasteiger partial charge in [-0.2, -0.15) is 0 Å². The highest BCUT2D eigenvalue weighted by molar-refractivity contribution is 7.92. The number of ether oxygens (including phenoxy) is 1. The largest absolute Gasteiger partial charge is 0.452 e. The molecule has 0 fully saturated rings. The van der Waals surface area contributed by atoms with Crippen LogP contribution in [0.5, 0.6) is 0 Å². The van der Waals surface area contributed by atoms with E-state index >= 15 is 0 Å². The molecule has 0 radical (unpaired) electrons. The molecule has 0 saturated heterocycles. The number of hydrogen-bond acceptors (Lipinski definition) is 5. The molecular weight excluding hydrogens is 440 g/mol. The summed E-state index contributed by atoms with van der Waals surface area (Å²) in [5.74, 6) is -1.11. The van der Waals surface area contributed by atoms with E-state index in [0.717, 1.165) is 4.31 Å². The minimum Gasteiger partial charge on any atom is -0.452 e. The van der Waals surface area contributed by atoms with Crippen molar-refractivity contribution in [2.24, 2.45) is 0 Å². The van der Waals surface area contributed by atoms with Crippen molar-refractivity contribution in [2.45, 2.75) is 18.7 Å². The predicted molar refractivity (Wildman–Crippen MR) is 121 cm³/mol. The van der Waals surface area contributed by atoms with Gasteiger partial charge in [0.1, 0.15) is 0 Å². The van der Waals surface area contributed by atoms with Gasteiger partial charge in [-0.25, -0.2) is 13.2 Å². The van der Waals surface area contributed by atoms with Crippen molar-refractivity contribution < 1.29 is 22.7 Å². The summed E-state index contributed by atoms with van der Waals surface area (Å²) >= 11 is 6.20. The van der Waals surface area contributed by atoms with Gasteiger partial charge in [0, 0.05) is 13.1 Å². The van der Waals surface area contributed by atoms with E-state index in [1.165, 1.54) is 35.2 Å². The fourth-order valence-corrected chi connectivity index (χ4v) is 4.67. The monoisotopic (exact) mass is 464 g/mol. The Hall–Kier alpha value is -2.84. The average Bonchev–Trinajstić information content (AvgIpc) is 2.77. The maximum absolute atomic E-state index is 13.3. The molecule has 0 heterocycles. The fourth-order valence-electron chi connectivity index (χ4n) is 2.89. The normalized spacial score (nSPS) is 10.9. The Labute approximate surface area is 187 Å². The predicted octanol–water partition coefficient (Wildman–Crippen LogP) is 3.75. The van der Waals surface area contributed by atoms with Crippen LogP contribution in [-0.2, 0) is 19.6 Å². The Kier molecular flexibility index (Phi) is 8.65. The maximum Gasteiger partial charge on any atom is 0.338 e. The SMILES string of the molecule is C=CCN(c1ccccc1Cl)S(=O)(=O)c1cccc(C(=O)OCC(=O)N(CC)CC)c1. The van der Waals surface area contributed by atoms with Crippen molar-refractivity contribution in [3.8, 4) is 0 Å². The molecule has 0 aliphatic rings. The fraction of sp³-hybridized carbons (Fsp3) is 0.273. The summed E-state index contributed by atoms with van der Waals surface area (Å²) in [5.41, 5.74) is 0.313. The van der Waals surface area contributed by atoms with E-state index in [9.17, 15) is 18.0 Å². The van der Waals surface area contributed by atoms with Gasteiger partial charge in [-0.05, 0) is 44.2 Å². The van der Waals surface area contributed by atoms with E-state index in [2.05, 4.69) is 6.58 Å². The van der Waals surface area contributed by atoms with Gasteiger partial charge in [-0.3, -0.25) is 9.10 Å². The lowest BCUT2D eigenvalue weighted by Gasteiger charge is -2.24. The van der Waals surface area contributed by atoms with Crippen LogP contribution in [0.2, 0.25) is 5.02 Å².